The normalized spacial score (nSPS) is 12.0. The summed E-state index contributed by atoms with van der Waals surface area (Å²) in [6.07, 6.45) is 0. The minimum Gasteiger partial charge on any atom is -0.329 e. The number of rotatable bonds is 3. The first-order valence-corrected chi connectivity index (χ1v) is 5.19. The number of hydrogen-bond acceptors (Lipinski definition) is 4. The maximum absolute atomic E-state index is 5.52. The molecule has 3 nitrogen and oxygen atoms in total. The maximum Gasteiger partial charge on any atom is 0.188 e. The summed E-state index contributed by atoms with van der Waals surface area (Å²) in [5.74, 6) is 0. The number of nitrogens with two attached hydrogens (primary N) is 1. The minimum absolute atomic E-state index is 0. The zero-order valence-corrected chi connectivity index (χ0v) is 10.3. The topological polar surface area (TPSA) is 51.8 Å². The van der Waals surface area contributed by atoms with Crippen LogP contribution in [0, 0.1) is 13.8 Å². The average molecular weight is 234 g/mol. The second kappa shape index (κ2) is 6.22. The maximum atomic E-state index is 5.52. The van der Waals surface area contributed by atoms with Crippen molar-refractivity contribution >= 4 is 24.2 Å². The van der Waals surface area contributed by atoms with Gasteiger partial charge in [0.05, 0.1) is 0 Å². The quantitative estimate of drug-likeness (QED) is 0.641. The standard InChI is InChI=1S/C9H15N3S.ClH/c1-6-4-7(2)12-9(11-6)13-8(3)5-10;/h4,8H,5,10H2,1-3H3;1H. The largest absolute Gasteiger partial charge is 0.329 e. The lowest BCUT2D eigenvalue weighted by atomic mass is 10.4. The molecule has 2 N–H and O–H groups in total. The Morgan fingerprint density at radius 2 is 1.86 bits per heavy atom. The molecule has 0 aliphatic rings. The van der Waals surface area contributed by atoms with E-state index in [9.17, 15) is 0 Å². The Morgan fingerprint density at radius 3 is 2.29 bits per heavy atom. The van der Waals surface area contributed by atoms with Crippen LogP contribution in [-0.4, -0.2) is 21.8 Å². The highest BCUT2D eigenvalue weighted by molar-refractivity contribution is 7.99. The number of aryl methyl sites for hydroxylation is 2. The van der Waals surface area contributed by atoms with Crippen LogP contribution >= 0.6 is 24.2 Å². The Kier molecular flexibility index (Phi) is 6.08. The van der Waals surface area contributed by atoms with Gasteiger partial charge < -0.3 is 5.73 Å². The summed E-state index contributed by atoms with van der Waals surface area (Å²) in [6.45, 7) is 6.68. The average Bonchev–Trinajstić information content (AvgIpc) is 2.02. The molecule has 0 saturated heterocycles. The second-order valence-corrected chi connectivity index (χ2v) is 4.50. The fourth-order valence-electron chi connectivity index (χ4n) is 0.974. The summed E-state index contributed by atoms with van der Waals surface area (Å²) in [5, 5.41) is 1.21. The lowest BCUT2D eigenvalue weighted by Gasteiger charge is -2.07. The molecular formula is C9H16ClN3S. The SMILES string of the molecule is Cc1cc(C)nc(SC(C)CN)n1.Cl. The fraction of sp³-hybridized carbons (Fsp3) is 0.556. The number of hydrogen-bond donors (Lipinski definition) is 1. The fourth-order valence-corrected chi connectivity index (χ4v) is 1.82. The van der Waals surface area contributed by atoms with Gasteiger partial charge in [-0.1, -0.05) is 18.7 Å². The van der Waals surface area contributed by atoms with Gasteiger partial charge in [0.1, 0.15) is 0 Å². The zero-order chi connectivity index (χ0) is 9.84. The predicted octanol–water partition coefficient (Wildman–Crippen LogP) is 1.95. The molecule has 14 heavy (non-hydrogen) atoms. The van der Waals surface area contributed by atoms with Crippen LogP contribution in [0.4, 0.5) is 0 Å². The molecule has 1 heterocycles. The summed E-state index contributed by atoms with van der Waals surface area (Å²) >= 11 is 1.62. The van der Waals surface area contributed by atoms with Gasteiger partial charge in [0.25, 0.3) is 0 Å². The first-order valence-electron chi connectivity index (χ1n) is 4.31. The molecule has 1 aromatic rings. The minimum atomic E-state index is 0. The van der Waals surface area contributed by atoms with Crippen LogP contribution < -0.4 is 5.73 Å². The molecule has 0 aromatic carbocycles. The van der Waals surface area contributed by atoms with E-state index in [1.165, 1.54) is 0 Å². The van der Waals surface area contributed by atoms with Crippen molar-refractivity contribution in [3.8, 4) is 0 Å². The molecule has 1 atom stereocenters. The van der Waals surface area contributed by atoms with Crippen molar-refractivity contribution < 1.29 is 0 Å². The van der Waals surface area contributed by atoms with Gasteiger partial charge in [-0.05, 0) is 19.9 Å². The highest BCUT2D eigenvalue weighted by Crippen LogP contribution is 2.18. The summed E-state index contributed by atoms with van der Waals surface area (Å²) < 4.78 is 0. The van der Waals surface area contributed by atoms with Crippen LogP contribution in [0.15, 0.2) is 11.2 Å². The van der Waals surface area contributed by atoms with Crippen LogP contribution in [0.5, 0.6) is 0 Å². The van der Waals surface area contributed by atoms with Crippen molar-refractivity contribution in [2.45, 2.75) is 31.2 Å². The van der Waals surface area contributed by atoms with E-state index in [-0.39, 0.29) is 12.4 Å². The predicted molar refractivity (Wildman–Crippen MR) is 63.1 cm³/mol. The number of halogens is 1. The highest BCUT2D eigenvalue weighted by atomic mass is 35.5. The van der Waals surface area contributed by atoms with E-state index in [1.54, 1.807) is 11.8 Å². The summed E-state index contributed by atoms with van der Waals surface area (Å²) in [6, 6.07) is 1.97. The Hall–Kier alpha value is -0.320. The van der Waals surface area contributed by atoms with Gasteiger partial charge in [0, 0.05) is 23.2 Å². The van der Waals surface area contributed by atoms with Crippen LogP contribution in [0.25, 0.3) is 0 Å². The van der Waals surface area contributed by atoms with Crippen LogP contribution in [0.3, 0.4) is 0 Å². The van der Waals surface area contributed by atoms with E-state index >= 15 is 0 Å². The molecule has 0 saturated carbocycles. The second-order valence-electron chi connectivity index (χ2n) is 3.10. The molecule has 0 amide bonds. The van der Waals surface area contributed by atoms with E-state index in [0.29, 0.717) is 11.8 Å². The Bertz CT molecular complexity index is 273. The van der Waals surface area contributed by atoms with Gasteiger partial charge in [0.15, 0.2) is 5.16 Å². The van der Waals surface area contributed by atoms with E-state index in [0.717, 1.165) is 16.5 Å². The lowest BCUT2D eigenvalue weighted by molar-refractivity contribution is 0.881. The smallest absolute Gasteiger partial charge is 0.188 e. The van der Waals surface area contributed by atoms with Gasteiger partial charge in [-0.15, -0.1) is 12.4 Å². The molecule has 5 heteroatoms. The van der Waals surface area contributed by atoms with E-state index in [1.807, 2.05) is 19.9 Å². The molecule has 0 aliphatic heterocycles. The number of aromatic nitrogens is 2. The summed E-state index contributed by atoms with van der Waals surface area (Å²) in [5.41, 5.74) is 7.55. The van der Waals surface area contributed by atoms with Crippen molar-refractivity contribution in [3.63, 3.8) is 0 Å². The van der Waals surface area contributed by atoms with Gasteiger partial charge in [-0.25, -0.2) is 9.97 Å². The number of nitrogens with zero attached hydrogens (tertiary/aromatic N) is 2. The van der Waals surface area contributed by atoms with Gasteiger partial charge in [-0.2, -0.15) is 0 Å². The highest BCUT2D eigenvalue weighted by Gasteiger charge is 2.05. The Balaban J connectivity index is 0.00000169. The lowest BCUT2D eigenvalue weighted by Crippen LogP contribution is -2.13. The zero-order valence-electron chi connectivity index (χ0n) is 8.65. The molecule has 0 aliphatic carbocycles. The molecule has 1 aromatic heterocycles. The van der Waals surface area contributed by atoms with Crippen LogP contribution in [0.1, 0.15) is 18.3 Å². The van der Waals surface area contributed by atoms with E-state index < -0.39 is 0 Å². The Labute approximate surface area is 95.3 Å². The van der Waals surface area contributed by atoms with Crippen LogP contribution in [0.2, 0.25) is 0 Å². The molecule has 0 spiro atoms. The van der Waals surface area contributed by atoms with Gasteiger partial charge in [-0.3, -0.25) is 0 Å². The van der Waals surface area contributed by atoms with Crippen molar-refractivity contribution in [1.29, 1.82) is 0 Å². The third-order valence-corrected chi connectivity index (χ3v) is 2.59. The van der Waals surface area contributed by atoms with Crippen molar-refractivity contribution in [1.82, 2.24) is 9.97 Å². The molecule has 1 rings (SSSR count). The molecule has 0 radical (unpaired) electrons. The number of thioether (sulfide) groups is 1. The monoisotopic (exact) mass is 233 g/mol. The molecule has 0 fully saturated rings. The first-order chi connectivity index (χ1) is 6.11. The molecule has 1 unspecified atom stereocenters. The molecule has 80 valence electrons. The third-order valence-electron chi connectivity index (χ3n) is 1.60. The van der Waals surface area contributed by atoms with Crippen molar-refractivity contribution in [2.75, 3.05) is 6.54 Å². The van der Waals surface area contributed by atoms with Gasteiger partial charge in [0.2, 0.25) is 0 Å². The van der Waals surface area contributed by atoms with Crippen LogP contribution in [-0.2, 0) is 0 Å². The van der Waals surface area contributed by atoms with Crippen molar-refractivity contribution in [3.05, 3.63) is 17.5 Å². The summed E-state index contributed by atoms with van der Waals surface area (Å²) in [4.78, 5) is 8.64. The summed E-state index contributed by atoms with van der Waals surface area (Å²) in [7, 11) is 0. The third kappa shape index (κ3) is 4.26. The van der Waals surface area contributed by atoms with Crippen molar-refractivity contribution in [2.24, 2.45) is 5.73 Å². The molecule has 0 bridgehead atoms. The van der Waals surface area contributed by atoms with E-state index in [2.05, 4.69) is 16.9 Å². The first kappa shape index (κ1) is 13.7. The Morgan fingerprint density at radius 1 is 1.36 bits per heavy atom. The molecular weight excluding hydrogens is 218 g/mol. The van der Waals surface area contributed by atoms with Gasteiger partial charge >= 0.3 is 0 Å². The van der Waals surface area contributed by atoms with E-state index in [4.69, 9.17) is 5.73 Å².